The van der Waals surface area contributed by atoms with E-state index in [0.29, 0.717) is 23.3 Å². The van der Waals surface area contributed by atoms with E-state index in [1.54, 1.807) is 32.4 Å². The number of rotatable bonds is 14. The summed E-state index contributed by atoms with van der Waals surface area (Å²) < 4.78 is 10.7. The molecule has 4 aromatic rings. The summed E-state index contributed by atoms with van der Waals surface area (Å²) in [6, 6.07) is 29.2. The van der Waals surface area contributed by atoms with Gasteiger partial charge in [-0.15, -0.1) is 0 Å². The third-order valence-electron chi connectivity index (χ3n) is 7.85. The summed E-state index contributed by atoms with van der Waals surface area (Å²) >= 11 is 0. The third-order valence-corrected chi connectivity index (χ3v) is 7.85. The molecule has 0 radical (unpaired) electrons. The summed E-state index contributed by atoms with van der Waals surface area (Å²) in [5, 5.41) is 20.8. The fourth-order valence-corrected chi connectivity index (χ4v) is 5.19. The number of nitrogens with one attached hydrogen (secondary N) is 3. The molecular weight excluding hydrogens is 566 g/mol. The second-order valence-corrected chi connectivity index (χ2v) is 11.3. The van der Waals surface area contributed by atoms with Gasteiger partial charge < -0.3 is 30.5 Å². The maximum Gasteiger partial charge on any atom is 0.251 e. The van der Waals surface area contributed by atoms with E-state index in [1.807, 2.05) is 99.6 Å². The van der Waals surface area contributed by atoms with Crippen LogP contribution in [0.5, 0.6) is 11.5 Å². The highest BCUT2D eigenvalue weighted by Gasteiger charge is 2.24. The first kappa shape index (κ1) is 33.2. The van der Waals surface area contributed by atoms with E-state index in [1.165, 1.54) is 0 Å². The Balaban J connectivity index is 1.47. The van der Waals surface area contributed by atoms with Gasteiger partial charge in [0.2, 0.25) is 0 Å². The predicted octanol–water partition coefficient (Wildman–Crippen LogP) is 5.56. The molecular formula is C37H43N3O5. The molecule has 4 N–H and O–H groups in total. The highest BCUT2D eigenvalue weighted by molar-refractivity contribution is 6.00. The molecule has 4 aromatic carbocycles. The van der Waals surface area contributed by atoms with Gasteiger partial charge >= 0.3 is 0 Å². The van der Waals surface area contributed by atoms with Crippen LogP contribution >= 0.6 is 0 Å². The summed E-state index contributed by atoms with van der Waals surface area (Å²) in [4.78, 5) is 26.9. The number of amides is 2. The number of aliphatic hydroxyl groups is 1. The number of aryl methyl sites for hydroxylation is 1. The highest BCUT2D eigenvalue weighted by atomic mass is 16.5. The lowest BCUT2D eigenvalue weighted by molar-refractivity contribution is 0.0825. The van der Waals surface area contributed by atoms with Crippen LogP contribution in [0, 0.1) is 6.92 Å². The first-order chi connectivity index (χ1) is 21.7. The van der Waals surface area contributed by atoms with Gasteiger partial charge in [0.15, 0.2) is 0 Å². The van der Waals surface area contributed by atoms with Crippen molar-refractivity contribution in [2.75, 3.05) is 20.8 Å². The molecule has 0 unspecified atom stereocenters. The Morgan fingerprint density at radius 2 is 1.27 bits per heavy atom. The van der Waals surface area contributed by atoms with Crippen LogP contribution in [-0.2, 0) is 6.42 Å². The van der Waals surface area contributed by atoms with E-state index in [-0.39, 0.29) is 30.4 Å². The Bertz CT molecular complexity index is 1580. The van der Waals surface area contributed by atoms with Crippen molar-refractivity contribution in [2.24, 2.45) is 0 Å². The number of ether oxygens (including phenoxy) is 2. The number of aliphatic hydroxyl groups excluding tert-OH is 1. The molecule has 236 valence electrons. The minimum atomic E-state index is -0.890. The molecule has 0 aliphatic carbocycles. The van der Waals surface area contributed by atoms with Gasteiger partial charge in [0.05, 0.1) is 32.4 Å². The molecule has 0 aromatic heterocycles. The standard InChI is InChI=1S/C37H43N3O5/c1-24-17-30(36(42)39-26(3)29-14-10-16-33(22-29)45-5)20-31(18-24)37(43)40-34(19-27-11-7-6-8-12-27)35(41)23-38-25(2)28-13-9-15-32(21-28)44-4/h6-18,20-22,25-26,34-35,38,41H,19,23H2,1-5H3,(H,39,42)(H,40,43)/t25-,26-,34+,35-/m1/s1. The van der Waals surface area contributed by atoms with Crippen molar-refractivity contribution in [1.82, 2.24) is 16.0 Å². The lowest BCUT2D eigenvalue weighted by Crippen LogP contribution is -2.49. The van der Waals surface area contributed by atoms with Crippen LogP contribution in [0.2, 0.25) is 0 Å². The van der Waals surface area contributed by atoms with E-state index < -0.39 is 12.1 Å². The summed E-state index contributed by atoms with van der Waals surface area (Å²) in [6.07, 6.45) is -0.460. The Morgan fingerprint density at radius 3 is 1.84 bits per heavy atom. The van der Waals surface area contributed by atoms with E-state index in [0.717, 1.165) is 28.0 Å². The monoisotopic (exact) mass is 609 g/mol. The molecule has 8 heteroatoms. The second-order valence-electron chi connectivity index (χ2n) is 11.3. The van der Waals surface area contributed by atoms with Crippen LogP contribution < -0.4 is 25.4 Å². The fraction of sp³-hybridized carbons (Fsp3) is 0.297. The van der Waals surface area contributed by atoms with Gasteiger partial charge in [-0.1, -0.05) is 54.6 Å². The molecule has 0 heterocycles. The Hall–Kier alpha value is -4.66. The van der Waals surface area contributed by atoms with Crippen LogP contribution in [0.25, 0.3) is 0 Å². The van der Waals surface area contributed by atoms with E-state index in [2.05, 4.69) is 16.0 Å². The van der Waals surface area contributed by atoms with Crippen LogP contribution in [-0.4, -0.2) is 49.8 Å². The first-order valence-corrected chi connectivity index (χ1v) is 15.1. The minimum absolute atomic E-state index is 0.0555. The van der Waals surface area contributed by atoms with Crippen LogP contribution in [0.4, 0.5) is 0 Å². The normalized spacial score (nSPS) is 13.6. The van der Waals surface area contributed by atoms with Crippen molar-refractivity contribution in [2.45, 2.75) is 51.4 Å². The number of carbonyl (C=O) groups is 2. The Kier molecular flexibility index (Phi) is 11.7. The van der Waals surface area contributed by atoms with Crippen molar-refractivity contribution >= 4 is 11.8 Å². The molecule has 0 fully saturated rings. The molecule has 0 aliphatic rings. The van der Waals surface area contributed by atoms with Gasteiger partial charge in [0, 0.05) is 23.7 Å². The lowest BCUT2D eigenvalue weighted by Gasteiger charge is -2.26. The van der Waals surface area contributed by atoms with Crippen molar-refractivity contribution in [3.63, 3.8) is 0 Å². The van der Waals surface area contributed by atoms with Gasteiger partial charge in [-0.2, -0.15) is 0 Å². The highest BCUT2D eigenvalue weighted by Crippen LogP contribution is 2.21. The average molecular weight is 610 g/mol. The number of hydrogen-bond acceptors (Lipinski definition) is 6. The molecule has 0 spiro atoms. The van der Waals surface area contributed by atoms with Crippen LogP contribution in [0.1, 0.15) is 68.9 Å². The minimum Gasteiger partial charge on any atom is -0.497 e. The number of carbonyl (C=O) groups excluding carboxylic acids is 2. The van der Waals surface area contributed by atoms with Gasteiger partial charge in [-0.05, 0) is 91.9 Å². The number of methoxy groups -OCH3 is 2. The molecule has 0 bridgehead atoms. The summed E-state index contributed by atoms with van der Waals surface area (Å²) in [7, 11) is 3.23. The average Bonchev–Trinajstić information content (AvgIpc) is 3.06. The fourth-order valence-electron chi connectivity index (χ4n) is 5.19. The van der Waals surface area contributed by atoms with E-state index in [9.17, 15) is 14.7 Å². The second kappa shape index (κ2) is 15.9. The molecule has 45 heavy (non-hydrogen) atoms. The lowest BCUT2D eigenvalue weighted by atomic mass is 9.99. The topological polar surface area (TPSA) is 109 Å². The Labute approximate surface area is 265 Å². The van der Waals surface area contributed by atoms with Crippen LogP contribution in [0.3, 0.4) is 0 Å². The van der Waals surface area contributed by atoms with Gasteiger partial charge in [0.25, 0.3) is 11.8 Å². The van der Waals surface area contributed by atoms with Crippen molar-refractivity contribution in [3.05, 3.63) is 130 Å². The van der Waals surface area contributed by atoms with Crippen molar-refractivity contribution < 1.29 is 24.2 Å². The van der Waals surface area contributed by atoms with Gasteiger partial charge in [-0.3, -0.25) is 9.59 Å². The molecule has 4 atom stereocenters. The summed E-state index contributed by atoms with van der Waals surface area (Å²) in [6.45, 7) is 6.01. The zero-order chi connectivity index (χ0) is 32.3. The van der Waals surface area contributed by atoms with Crippen molar-refractivity contribution in [3.8, 4) is 11.5 Å². The third kappa shape index (κ3) is 9.41. The number of benzene rings is 4. The van der Waals surface area contributed by atoms with Crippen molar-refractivity contribution in [1.29, 1.82) is 0 Å². The zero-order valence-electron chi connectivity index (χ0n) is 26.5. The maximum absolute atomic E-state index is 13.6. The summed E-state index contributed by atoms with van der Waals surface area (Å²) in [5.41, 5.74) is 4.41. The molecule has 0 saturated heterocycles. The Morgan fingerprint density at radius 1 is 0.711 bits per heavy atom. The zero-order valence-corrected chi connectivity index (χ0v) is 26.5. The smallest absolute Gasteiger partial charge is 0.251 e. The number of hydrogen-bond donors (Lipinski definition) is 4. The molecule has 0 saturated carbocycles. The summed E-state index contributed by atoms with van der Waals surface area (Å²) in [5.74, 6) is 0.811. The quantitative estimate of drug-likeness (QED) is 0.149. The van der Waals surface area contributed by atoms with Gasteiger partial charge in [-0.25, -0.2) is 0 Å². The molecule has 2 amide bonds. The molecule has 0 aliphatic heterocycles. The molecule has 8 nitrogen and oxygen atoms in total. The maximum atomic E-state index is 13.6. The first-order valence-electron chi connectivity index (χ1n) is 15.1. The predicted molar refractivity (Wildman–Crippen MR) is 177 cm³/mol. The SMILES string of the molecule is COc1cccc([C@@H](C)NC[C@@H](O)[C@H](Cc2ccccc2)NC(=O)c2cc(C)cc(C(=O)N[C@H](C)c3cccc(OC)c3)c2)c1. The van der Waals surface area contributed by atoms with Gasteiger partial charge in [0.1, 0.15) is 11.5 Å². The molecule has 4 rings (SSSR count). The largest absolute Gasteiger partial charge is 0.497 e. The van der Waals surface area contributed by atoms with E-state index in [4.69, 9.17) is 9.47 Å². The van der Waals surface area contributed by atoms with Crippen LogP contribution in [0.15, 0.2) is 97.1 Å². The van der Waals surface area contributed by atoms with E-state index >= 15 is 0 Å².